The molecule has 144 valence electrons. The Morgan fingerprint density at radius 3 is 2.20 bits per heavy atom. The first kappa shape index (κ1) is 21.5. The van der Waals surface area contributed by atoms with Crippen molar-refractivity contribution >= 4 is 18.0 Å². The molecular formula is C17H29FNO6+. The van der Waals surface area contributed by atoms with E-state index < -0.39 is 39.6 Å². The second kappa shape index (κ2) is 7.78. The maximum atomic E-state index is 13.0. The summed E-state index contributed by atoms with van der Waals surface area (Å²) >= 11 is 0. The summed E-state index contributed by atoms with van der Waals surface area (Å²) < 4.78 is 16.4. The lowest BCUT2D eigenvalue weighted by molar-refractivity contribution is -0.863. The summed E-state index contributed by atoms with van der Waals surface area (Å²) in [5.74, 6) is -2.08. The molecule has 1 aliphatic heterocycles. The molecule has 3 unspecified atom stereocenters. The van der Waals surface area contributed by atoms with Crippen LogP contribution in [0, 0.1) is 0 Å². The highest BCUT2D eigenvalue weighted by Crippen LogP contribution is 2.46. The standard InChI is InChI=1S/C17H28FNO6/c1-16(2,3)19(15(23)24)13(20)12(11-17(19,4)14(21)22)25-10-8-6-5-7-9-18/h12H,5-11H2,1-4H3,(H-,21,22,23,24)/p+1. The fraction of sp³-hybridized carbons (Fsp3) is 0.824. The number of carboxylic acids is 1. The van der Waals surface area contributed by atoms with Gasteiger partial charge in [0.15, 0.2) is 6.10 Å². The number of alkyl halides is 1. The van der Waals surface area contributed by atoms with Crippen LogP contribution >= 0.6 is 0 Å². The van der Waals surface area contributed by atoms with Crippen LogP contribution in [0.4, 0.5) is 9.18 Å². The van der Waals surface area contributed by atoms with Gasteiger partial charge in [-0.2, -0.15) is 4.79 Å². The van der Waals surface area contributed by atoms with E-state index in [-0.39, 0.29) is 19.7 Å². The number of quaternary nitrogens is 1. The summed E-state index contributed by atoms with van der Waals surface area (Å²) in [6.07, 6.45) is -0.246. The van der Waals surface area contributed by atoms with Crippen LogP contribution < -0.4 is 0 Å². The van der Waals surface area contributed by atoms with Crippen molar-refractivity contribution in [3.8, 4) is 0 Å². The number of unbranched alkanes of at least 4 members (excludes halogenated alkanes) is 3. The molecule has 1 aliphatic rings. The minimum absolute atomic E-state index is 0.199. The van der Waals surface area contributed by atoms with Crippen molar-refractivity contribution in [2.75, 3.05) is 13.3 Å². The van der Waals surface area contributed by atoms with Crippen molar-refractivity contribution in [1.82, 2.24) is 0 Å². The van der Waals surface area contributed by atoms with Crippen LogP contribution in [-0.4, -0.2) is 63.1 Å². The zero-order chi connectivity index (χ0) is 19.5. The van der Waals surface area contributed by atoms with Gasteiger partial charge in [-0.3, -0.25) is 4.39 Å². The monoisotopic (exact) mass is 362 g/mol. The average molecular weight is 362 g/mol. The van der Waals surface area contributed by atoms with Crippen molar-refractivity contribution in [3.05, 3.63) is 0 Å². The molecule has 7 nitrogen and oxygen atoms in total. The number of hydrogen-bond donors (Lipinski definition) is 2. The molecule has 0 aromatic rings. The van der Waals surface area contributed by atoms with Gasteiger partial charge >= 0.3 is 18.0 Å². The number of likely N-dealkylation sites (tertiary alicyclic amines) is 1. The average Bonchev–Trinajstić information content (AvgIpc) is 2.72. The predicted molar refractivity (Wildman–Crippen MR) is 87.9 cm³/mol. The second-order valence-electron chi connectivity index (χ2n) is 7.71. The normalized spacial score (nSPS) is 29.8. The molecule has 2 amide bonds. The van der Waals surface area contributed by atoms with Gasteiger partial charge in [0.25, 0.3) is 0 Å². The number of rotatable bonds is 8. The van der Waals surface area contributed by atoms with E-state index in [1.165, 1.54) is 6.92 Å². The zero-order valence-electron chi connectivity index (χ0n) is 15.4. The van der Waals surface area contributed by atoms with Gasteiger partial charge in [-0.05, 0) is 33.6 Å². The van der Waals surface area contributed by atoms with Gasteiger partial charge in [0, 0.05) is 13.5 Å². The van der Waals surface area contributed by atoms with Gasteiger partial charge in [0.1, 0.15) is 5.54 Å². The number of carboxylic acid groups (broad SMARTS) is 2. The maximum absolute atomic E-state index is 13.0. The Kier molecular flexibility index (Phi) is 6.69. The number of aliphatic carboxylic acids is 1. The van der Waals surface area contributed by atoms with Crippen molar-refractivity contribution in [2.45, 2.75) is 77.0 Å². The first-order valence-corrected chi connectivity index (χ1v) is 8.55. The molecule has 25 heavy (non-hydrogen) atoms. The van der Waals surface area contributed by atoms with Crippen LogP contribution in [0.15, 0.2) is 0 Å². The van der Waals surface area contributed by atoms with Crippen LogP contribution in [0.3, 0.4) is 0 Å². The smallest absolute Gasteiger partial charge is 0.477 e. The Labute approximate surface area is 147 Å². The third-order valence-corrected chi connectivity index (χ3v) is 5.03. The summed E-state index contributed by atoms with van der Waals surface area (Å²) in [4.78, 5) is 37.0. The van der Waals surface area contributed by atoms with Gasteiger partial charge in [0.2, 0.25) is 5.54 Å². The van der Waals surface area contributed by atoms with E-state index in [4.69, 9.17) is 4.74 Å². The fourth-order valence-electron chi connectivity index (χ4n) is 3.84. The summed E-state index contributed by atoms with van der Waals surface area (Å²) in [5, 5.41) is 19.5. The molecule has 0 aliphatic carbocycles. The van der Waals surface area contributed by atoms with E-state index in [9.17, 15) is 29.0 Å². The molecule has 0 aromatic carbocycles. The molecule has 1 saturated heterocycles. The lowest BCUT2D eigenvalue weighted by Gasteiger charge is -2.45. The topological polar surface area (TPSA) is 101 Å². The number of amides is 2. The molecule has 0 spiro atoms. The number of ether oxygens (including phenoxy) is 1. The van der Waals surface area contributed by atoms with Crippen LogP contribution in [0.5, 0.6) is 0 Å². The fourth-order valence-corrected chi connectivity index (χ4v) is 3.84. The molecule has 0 saturated carbocycles. The van der Waals surface area contributed by atoms with E-state index >= 15 is 0 Å². The molecule has 0 aromatic heterocycles. The molecule has 0 bridgehead atoms. The zero-order valence-corrected chi connectivity index (χ0v) is 15.4. The minimum atomic E-state index is -1.82. The Bertz CT molecular complexity index is 532. The Morgan fingerprint density at radius 2 is 1.80 bits per heavy atom. The number of carbonyl (C=O) groups excluding carboxylic acids is 1. The van der Waals surface area contributed by atoms with E-state index in [2.05, 4.69) is 0 Å². The van der Waals surface area contributed by atoms with E-state index in [1.54, 1.807) is 20.8 Å². The lowest BCUT2D eigenvalue weighted by atomic mass is 9.89. The number of nitrogens with zero attached hydrogens (tertiary/aromatic N) is 1. The molecule has 8 heteroatoms. The molecule has 1 rings (SSSR count). The molecule has 2 N–H and O–H groups in total. The number of halogens is 1. The second-order valence-corrected chi connectivity index (χ2v) is 7.71. The van der Waals surface area contributed by atoms with Gasteiger partial charge in [-0.1, -0.05) is 12.8 Å². The first-order valence-electron chi connectivity index (χ1n) is 8.55. The molecule has 3 atom stereocenters. The Hall–Kier alpha value is -1.54. The van der Waals surface area contributed by atoms with Gasteiger partial charge in [-0.15, -0.1) is 4.48 Å². The van der Waals surface area contributed by atoms with Crippen LogP contribution in [-0.2, 0) is 14.3 Å². The Balaban J connectivity index is 3.03. The SMILES string of the molecule is CC(C)(C)[N+]1(C(=O)O)C(=O)C(OCCCCCCF)CC1(C)C(=O)O. The Morgan fingerprint density at radius 1 is 1.24 bits per heavy atom. The molecule has 1 heterocycles. The molecule has 0 radical (unpaired) electrons. The highest BCUT2D eigenvalue weighted by molar-refractivity contribution is 5.94. The quantitative estimate of drug-likeness (QED) is 0.508. The third kappa shape index (κ3) is 3.55. The largest absolute Gasteiger partial charge is 0.522 e. The van der Waals surface area contributed by atoms with Gasteiger partial charge in [0.05, 0.1) is 13.1 Å². The summed E-state index contributed by atoms with van der Waals surface area (Å²) in [7, 11) is 0. The summed E-state index contributed by atoms with van der Waals surface area (Å²) in [5.41, 5.74) is -2.98. The van der Waals surface area contributed by atoms with E-state index in [0.717, 1.165) is 6.42 Å². The highest BCUT2D eigenvalue weighted by atomic mass is 19.1. The van der Waals surface area contributed by atoms with E-state index in [0.29, 0.717) is 19.3 Å². The molecule has 1 fully saturated rings. The van der Waals surface area contributed by atoms with Gasteiger partial charge in [-0.25, -0.2) is 9.59 Å². The summed E-state index contributed by atoms with van der Waals surface area (Å²) in [6.45, 7) is 5.75. The van der Waals surface area contributed by atoms with Crippen molar-refractivity contribution < 1.29 is 38.2 Å². The summed E-state index contributed by atoms with van der Waals surface area (Å²) in [6, 6.07) is 0. The number of hydrogen-bond acceptors (Lipinski definition) is 4. The maximum Gasteiger partial charge on any atom is 0.522 e. The first-order chi connectivity index (χ1) is 11.5. The van der Waals surface area contributed by atoms with Gasteiger partial charge < -0.3 is 14.9 Å². The predicted octanol–water partition coefficient (Wildman–Crippen LogP) is 2.97. The lowest BCUT2D eigenvalue weighted by Crippen LogP contribution is -2.75. The van der Waals surface area contributed by atoms with Crippen LogP contribution in [0.2, 0.25) is 0 Å². The van der Waals surface area contributed by atoms with Crippen LogP contribution in [0.25, 0.3) is 0 Å². The number of carbonyl (C=O) groups is 3. The van der Waals surface area contributed by atoms with E-state index in [1.807, 2.05) is 0 Å². The highest BCUT2D eigenvalue weighted by Gasteiger charge is 2.76. The van der Waals surface area contributed by atoms with Crippen LogP contribution in [0.1, 0.15) is 59.8 Å². The minimum Gasteiger partial charge on any atom is -0.477 e. The third-order valence-electron chi connectivity index (χ3n) is 5.03. The molecular weight excluding hydrogens is 333 g/mol. The van der Waals surface area contributed by atoms with Crippen molar-refractivity contribution in [2.24, 2.45) is 0 Å². The van der Waals surface area contributed by atoms with Crippen molar-refractivity contribution in [3.63, 3.8) is 0 Å². The van der Waals surface area contributed by atoms with Crippen molar-refractivity contribution in [1.29, 1.82) is 0 Å². The number of imide groups is 1.